The van der Waals surface area contributed by atoms with Crippen LogP contribution in [0.4, 0.5) is 11.6 Å². The summed E-state index contributed by atoms with van der Waals surface area (Å²) >= 11 is 0. The standard InChI is InChI=1S/C20H15N7O2/c21-9-13-10-27(20-23-6-3-7-24-20)19(13)26-11-25-16-14-5-2-1-4-12(14)8-15(17(16)28)18(22)29/h1-8,10,25H,11H2,(H3,22,28,29)/p+1. The van der Waals surface area contributed by atoms with E-state index in [9.17, 15) is 15.2 Å². The zero-order chi connectivity index (χ0) is 20.4. The minimum absolute atomic E-state index is 0.0272. The second-order valence-electron chi connectivity index (χ2n) is 6.19. The molecular weight excluding hydrogens is 370 g/mol. The van der Waals surface area contributed by atoms with Crippen molar-refractivity contribution in [1.29, 1.82) is 5.26 Å². The van der Waals surface area contributed by atoms with Gasteiger partial charge in [0.25, 0.3) is 5.91 Å². The van der Waals surface area contributed by atoms with Gasteiger partial charge >= 0.3 is 5.95 Å². The van der Waals surface area contributed by atoms with Crippen LogP contribution in [0.15, 0.2) is 60.6 Å². The van der Waals surface area contributed by atoms with Gasteiger partial charge in [-0.1, -0.05) is 24.3 Å². The quantitative estimate of drug-likeness (QED) is 0.296. The number of carbonyl (C=O) groups is 1. The first kappa shape index (κ1) is 17.9. The van der Waals surface area contributed by atoms with Crippen LogP contribution in [-0.2, 0) is 0 Å². The maximum Gasteiger partial charge on any atom is 0.389 e. The number of fused-ring (bicyclic) bond motifs is 1. The van der Waals surface area contributed by atoms with E-state index in [-0.39, 0.29) is 18.0 Å². The number of hydrogen-bond donors (Lipinski definition) is 4. The summed E-state index contributed by atoms with van der Waals surface area (Å²) in [4.78, 5) is 20.0. The van der Waals surface area contributed by atoms with Crippen LogP contribution >= 0.6 is 0 Å². The number of aromatic nitrogens is 2. The number of nitrogens with one attached hydrogen (secondary N) is 2. The van der Waals surface area contributed by atoms with Crippen molar-refractivity contribution in [1.82, 2.24) is 15.3 Å². The molecule has 0 radical (unpaired) electrons. The molecule has 0 atom stereocenters. The van der Waals surface area contributed by atoms with E-state index in [1.165, 1.54) is 0 Å². The summed E-state index contributed by atoms with van der Waals surface area (Å²) in [7, 11) is 0. The molecule has 0 bridgehead atoms. The monoisotopic (exact) mass is 386 g/mol. The number of amidine groups is 1. The zero-order valence-electron chi connectivity index (χ0n) is 15.1. The highest BCUT2D eigenvalue weighted by Crippen LogP contribution is 2.35. The molecule has 4 rings (SSSR count). The molecule has 0 unspecified atom stereocenters. The number of rotatable bonds is 5. The Balaban J connectivity index is 1.61. The van der Waals surface area contributed by atoms with E-state index in [1.54, 1.807) is 35.3 Å². The lowest BCUT2D eigenvalue weighted by Crippen LogP contribution is -2.40. The summed E-state index contributed by atoms with van der Waals surface area (Å²) in [6, 6.07) is 12.7. The molecule has 0 fully saturated rings. The molecule has 9 heteroatoms. The van der Waals surface area contributed by atoms with E-state index in [4.69, 9.17) is 5.73 Å². The average molecular weight is 386 g/mol. The zero-order valence-corrected chi connectivity index (χ0v) is 15.1. The van der Waals surface area contributed by atoms with E-state index in [0.717, 1.165) is 10.8 Å². The average Bonchev–Trinajstić information content (AvgIpc) is 2.72. The number of nitriles is 1. The Morgan fingerprint density at radius 2 is 1.97 bits per heavy atom. The molecule has 1 amide bonds. The van der Waals surface area contributed by atoms with Gasteiger partial charge in [0.15, 0.2) is 5.75 Å². The number of amides is 1. The molecule has 5 N–H and O–H groups in total. The van der Waals surface area contributed by atoms with Crippen molar-refractivity contribution in [3.63, 3.8) is 0 Å². The Labute approximate surface area is 165 Å². The van der Waals surface area contributed by atoms with Gasteiger partial charge in [-0.05, 0) is 17.5 Å². The van der Waals surface area contributed by atoms with Crippen molar-refractivity contribution in [2.75, 3.05) is 12.0 Å². The number of anilines is 1. The molecule has 142 valence electrons. The Kier molecular flexibility index (Phi) is 4.50. The van der Waals surface area contributed by atoms with Gasteiger partial charge in [0, 0.05) is 5.39 Å². The number of benzene rings is 2. The fourth-order valence-corrected chi connectivity index (χ4v) is 3.07. The topological polar surface area (TPSA) is 140 Å². The number of nitrogens with zero attached hydrogens (tertiary/aromatic N) is 4. The lowest BCUT2D eigenvalue weighted by Gasteiger charge is -2.18. The van der Waals surface area contributed by atoms with Crippen molar-refractivity contribution in [3.05, 3.63) is 66.1 Å². The lowest BCUT2D eigenvalue weighted by atomic mass is 10.0. The number of nitrogens with two attached hydrogens (primary N) is 1. The highest BCUT2D eigenvalue weighted by atomic mass is 16.3. The number of carbonyl (C=O) groups excluding carboxylic acids is 1. The Hall–Kier alpha value is -4.45. The van der Waals surface area contributed by atoms with Gasteiger partial charge in [-0.3, -0.25) is 4.79 Å². The van der Waals surface area contributed by atoms with Gasteiger partial charge in [-0.25, -0.2) is 0 Å². The number of aromatic hydroxyl groups is 1. The van der Waals surface area contributed by atoms with Crippen LogP contribution in [0.3, 0.4) is 0 Å². The summed E-state index contributed by atoms with van der Waals surface area (Å²) in [6.45, 7) is 0.164. The summed E-state index contributed by atoms with van der Waals surface area (Å²) < 4.78 is 1.65. The van der Waals surface area contributed by atoms with E-state index in [2.05, 4.69) is 26.7 Å². The van der Waals surface area contributed by atoms with Crippen LogP contribution in [0.2, 0.25) is 0 Å². The molecule has 1 aliphatic heterocycles. The van der Waals surface area contributed by atoms with Crippen LogP contribution in [0.5, 0.6) is 5.75 Å². The molecular formula is C20H16N7O2+. The second-order valence-corrected chi connectivity index (χ2v) is 6.19. The highest BCUT2D eigenvalue weighted by Gasteiger charge is 2.28. The largest absolute Gasteiger partial charge is 0.505 e. The Bertz CT molecular complexity index is 1230. The lowest BCUT2D eigenvalue weighted by molar-refractivity contribution is -0.385. The Morgan fingerprint density at radius 1 is 1.21 bits per heavy atom. The summed E-state index contributed by atoms with van der Waals surface area (Å²) in [5.41, 5.74) is 6.23. The fourth-order valence-electron chi connectivity index (χ4n) is 3.07. The maximum absolute atomic E-state index is 11.7. The van der Waals surface area contributed by atoms with Gasteiger partial charge < -0.3 is 21.5 Å². The Morgan fingerprint density at radius 3 is 2.69 bits per heavy atom. The maximum atomic E-state index is 11.7. The van der Waals surface area contributed by atoms with E-state index < -0.39 is 5.91 Å². The van der Waals surface area contributed by atoms with Crippen molar-refractivity contribution in [3.8, 4) is 11.8 Å². The molecule has 1 aromatic heterocycles. The third kappa shape index (κ3) is 3.19. The SMILES string of the molecule is N#CC1=C[N+](c2ncccn2)=C1NCNc1c(O)c(C(N)=O)cc2ccccc12. The third-order valence-corrected chi connectivity index (χ3v) is 4.45. The van der Waals surface area contributed by atoms with Crippen LogP contribution in [-0.4, -0.2) is 38.1 Å². The minimum atomic E-state index is -0.722. The number of phenols is 1. The fraction of sp³-hybridized carbons (Fsp3) is 0.0500. The molecule has 0 saturated carbocycles. The van der Waals surface area contributed by atoms with E-state index in [0.29, 0.717) is 23.0 Å². The number of hydrogen-bond acceptors (Lipinski definition) is 7. The normalized spacial score (nSPS) is 12.7. The second kappa shape index (κ2) is 7.28. The van der Waals surface area contributed by atoms with Crippen LogP contribution in [0.1, 0.15) is 10.4 Å². The molecule has 3 aromatic rings. The molecule has 9 nitrogen and oxygen atoms in total. The smallest absolute Gasteiger partial charge is 0.389 e. The summed E-state index contributed by atoms with van der Waals surface area (Å²) in [6.07, 6.45) is 4.84. The highest BCUT2D eigenvalue weighted by molar-refractivity contribution is 6.07. The molecule has 2 aromatic carbocycles. The molecule has 29 heavy (non-hydrogen) atoms. The molecule has 2 heterocycles. The van der Waals surface area contributed by atoms with Crippen LogP contribution < -0.4 is 16.4 Å². The molecule has 0 spiro atoms. The van der Waals surface area contributed by atoms with Gasteiger partial charge in [-0.2, -0.15) is 9.84 Å². The van der Waals surface area contributed by atoms with Gasteiger partial charge in [-0.15, -0.1) is 9.97 Å². The summed E-state index contributed by atoms with van der Waals surface area (Å²) in [5.74, 6) is 0.00899. The third-order valence-electron chi connectivity index (χ3n) is 4.45. The van der Waals surface area contributed by atoms with E-state index in [1.807, 2.05) is 24.3 Å². The first-order valence-electron chi connectivity index (χ1n) is 8.68. The van der Waals surface area contributed by atoms with Crippen molar-refractivity contribution in [2.45, 2.75) is 0 Å². The van der Waals surface area contributed by atoms with Crippen LogP contribution in [0.25, 0.3) is 10.8 Å². The van der Waals surface area contributed by atoms with Crippen LogP contribution in [0, 0.1) is 11.3 Å². The number of primary amides is 1. The molecule has 0 aliphatic carbocycles. The van der Waals surface area contributed by atoms with Gasteiger partial charge in [0.1, 0.15) is 18.3 Å². The van der Waals surface area contributed by atoms with Gasteiger partial charge in [0.2, 0.25) is 5.84 Å². The van der Waals surface area contributed by atoms with Gasteiger partial charge in [0.05, 0.1) is 29.8 Å². The minimum Gasteiger partial charge on any atom is -0.505 e. The molecule has 0 saturated heterocycles. The van der Waals surface area contributed by atoms with Crippen molar-refractivity contribution < 1.29 is 14.5 Å². The first-order valence-corrected chi connectivity index (χ1v) is 8.68. The predicted molar refractivity (Wildman–Crippen MR) is 106 cm³/mol. The predicted octanol–water partition coefficient (Wildman–Crippen LogP) is 1.56. The summed E-state index contributed by atoms with van der Waals surface area (Å²) in [5, 5.41) is 27.4. The van der Waals surface area contributed by atoms with Crippen molar-refractivity contribution in [2.24, 2.45) is 5.73 Å². The van der Waals surface area contributed by atoms with E-state index >= 15 is 0 Å². The first-order chi connectivity index (χ1) is 14.1. The molecule has 1 aliphatic rings. The van der Waals surface area contributed by atoms with Crippen molar-refractivity contribution >= 4 is 34.2 Å².